The number of carbonyl (C=O) groups excluding carboxylic acids is 1. The van der Waals surface area contributed by atoms with E-state index >= 15 is 0 Å². The van der Waals surface area contributed by atoms with Gasteiger partial charge in [0.1, 0.15) is 11.6 Å². The number of carbonyl (C=O) groups is 1. The Balaban J connectivity index is 1.69. The van der Waals surface area contributed by atoms with Crippen molar-refractivity contribution in [2.75, 3.05) is 32.8 Å². The zero-order chi connectivity index (χ0) is 16.1. The van der Waals surface area contributed by atoms with E-state index in [2.05, 4.69) is 10.2 Å². The highest BCUT2D eigenvalue weighted by molar-refractivity contribution is 5.94. The molecule has 6 heteroatoms. The van der Waals surface area contributed by atoms with Crippen LogP contribution >= 0.6 is 0 Å². The third-order valence-corrected chi connectivity index (χ3v) is 3.93. The first-order valence-electron chi connectivity index (χ1n) is 7.63. The van der Waals surface area contributed by atoms with Gasteiger partial charge in [-0.15, -0.1) is 0 Å². The normalized spacial score (nSPS) is 16.9. The van der Waals surface area contributed by atoms with Crippen LogP contribution in [0.5, 0.6) is 0 Å². The molecule has 0 spiro atoms. The van der Waals surface area contributed by atoms with Crippen molar-refractivity contribution in [3.63, 3.8) is 0 Å². The quantitative estimate of drug-likeness (QED) is 0.918. The van der Waals surface area contributed by atoms with Crippen LogP contribution in [0.4, 0.5) is 4.39 Å². The van der Waals surface area contributed by atoms with Crippen LogP contribution in [-0.2, 0) is 4.74 Å². The number of nitrogens with zero attached hydrogens (tertiary/aromatic N) is 1. The summed E-state index contributed by atoms with van der Waals surface area (Å²) in [6, 6.07) is 9.57. The molecular formula is C17H19FN2O3. The van der Waals surface area contributed by atoms with Crippen LogP contribution in [-0.4, -0.2) is 43.7 Å². The summed E-state index contributed by atoms with van der Waals surface area (Å²) in [6.07, 6.45) is 1.61. The smallest absolute Gasteiger partial charge is 0.254 e. The topological polar surface area (TPSA) is 54.7 Å². The number of benzene rings is 1. The van der Waals surface area contributed by atoms with E-state index in [9.17, 15) is 9.18 Å². The van der Waals surface area contributed by atoms with E-state index in [1.165, 1.54) is 12.1 Å². The number of ether oxygens (including phenoxy) is 1. The molecule has 1 aromatic carbocycles. The highest BCUT2D eigenvalue weighted by Crippen LogP contribution is 2.22. The number of hydrogen-bond acceptors (Lipinski definition) is 4. The summed E-state index contributed by atoms with van der Waals surface area (Å²) in [5.74, 6) is -0.167. The van der Waals surface area contributed by atoms with Crippen LogP contribution in [0.25, 0.3) is 0 Å². The number of hydrogen-bond donors (Lipinski definition) is 1. The summed E-state index contributed by atoms with van der Waals surface area (Å²) < 4.78 is 24.6. The van der Waals surface area contributed by atoms with Crippen LogP contribution < -0.4 is 5.32 Å². The maximum absolute atomic E-state index is 13.7. The lowest BCUT2D eigenvalue weighted by Crippen LogP contribution is -2.43. The molecule has 5 nitrogen and oxygen atoms in total. The van der Waals surface area contributed by atoms with Gasteiger partial charge >= 0.3 is 0 Å². The van der Waals surface area contributed by atoms with Crippen LogP contribution in [0.1, 0.15) is 22.2 Å². The van der Waals surface area contributed by atoms with Gasteiger partial charge in [0.15, 0.2) is 0 Å². The van der Waals surface area contributed by atoms with Gasteiger partial charge in [0, 0.05) is 19.6 Å². The Kier molecular flexibility index (Phi) is 5.05. The van der Waals surface area contributed by atoms with E-state index in [4.69, 9.17) is 9.15 Å². The summed E-state index contributed by atoms with van der Waals surface area (Å²) >= 11 is 0. The predicted molar refractivity (Wildman–Crippen MR) is 82.6 cm³/mol. The lowest BCUT2D eigenvalue weighted by molar-refractivity contribution is 0.0118. The van der Waals surface area contributed by atoms with Crippen molar-refractivity contribution in [1.82, 2.24) is 10.2 Å². The van der Waals surface area contributed by atoms with Gasteiger partial charge in [0.25, 0.3) is 5.91 Å². The van der Waals surface area contributed by atoms with Crippen molar-refractivity contribution in [3.8, 4) is 0 Å². The van der Waals surface area contributed by atoms with Crippen LogP contribution in [0.2, 0.25) is 0 Å². The molecule has 0 radical (unpaired) electrons. The predicted octanol–water partition coefficient (Wildman–Crippen LogP) is 2.22. The fourth-order valence-electron chi connectivity index (χ4n) is 2.71. The van der Waals surface area contributed by atoms with Gasteiger partial charge in [-0.05, 0) is 24.3 Å². The molecule has 1 N–H and O–H groups in total. The molecule has 1 aromatic heterocycles. The molecule has 0 saturated carbocycles. The number of morpholine rings is 1. The highest BCUT2D eigenvalue weighted by Gasteiger charge is 2.25. The monoisotopic (exact) mass is 318 g/mol. The zero-order valence-electron chi connectivity index (χ0n) is 12.7. The number of furan rings is 1. The minimum atomic E-state index is -0.522. The van der Waals surface area contributed by atoms with E-state index in [1.54, 1.807) is 18.4 Å². The van der Waals surface area contributed by atoms with Crippen molar-refractivity contribution in [2.45, 2.75) is 6.04 Å². The number of halogens is 1. The second-order valence-electron chi connectivity index (χ2n) is 5.37. The summed E-state index contributed by atoms with van der Waals surface area (Å²) in [5.41, 5.74) is 0.0488. The van der Waals surface area contributed by atoms with Gasteiger partial charge in [0.05, 0.1) is 31.1 Å². The molecule has 0 bridgehead atoms. The van der Waals surface area contributed by atoms with Gasteiger partial charge in [-0.3, -0.25) is 9.69 Å². The third-order valence-electron chi connectivity index (χ3n) is 3.93. The van der Waals surface area contributed by atoms with E-state index in [0.717, 1.165) is 18.8 Å². The molecule has 2 aromatic rings. The van der Waals surface area contributed by atoms with E-state index in [0.29, 0.717) is 19.8 Å². The standard InChI is InChI=1S/C17H19FN2O3/c18-14-5-2-1-4-13(14)17(21)19-12-15(16-6-3-9-23-16)20-7-10-22-11-8-20/h1-6,9,15H,7-8,10-12H2,(H,19,21). The Morgan fingerprint density at radius 1 is 1.22 bits per heavy atom. The highest BCUT2D eigenvalue weighted by atomic mass is 19.1. The third kappa shape index (κ3) is 3.78. The van der Waals surface area contributed by atoms with E-state index in [-0.39, 0.29) is 11.6 Å². The van der Waals surface area contributed by atoms with Crippen LogP contribution in [0.15, 0.2) is 47.1 Å². The largest absolute Gasteiger partial charge is 0.468 e. The molecule has 1 fully saturated rings. The summed E-state index contributed by atoms with van der Waals surface area (Å²) in [5, 5.41) is 2.80. The van der Waals surface area contributed by atoms with Crippen molar-refractivity contribution in [1.29, 1.82) is 0 Å². The van der Waals surface area contributed by atoms with Crippen LogP contribution in [0, 0.1) is 5.82 Å². The van der Waals surface area contributed by atoms with Gasteiger partial charge in [-0.2, -0.15) is 0 Å². The molecular weight excluding hydrogens is 299 g/mol. The maximum Gasteiger partial charge on any atom is 0.254 e. The molecule has 1 aliphatic rings. The number of amides is 1. The Morgan fingerprint density at radius 2 is 2.00 bits per heavy atom. The molecule has 0 aliphatic carbocycles. The fraction of sp³-hybridized carbons (Fsp3) is 0.353. The van der Waals surface area contributed by atoms with Gasteiger partial charge in [-0.25, -0.2) is 4.39 Å². The minimum Gasteiger partial charge on any atom is -0.468 e. The Morgan fingerprint density at radius 3 is 2.70 bits per heavy atom. The Hall–Kier alpha value is -2.18. The second-order valence-corrected chi connectivity index (χ2v) is 5.37. The Labute approximate surface area is 134 Å². The average molecular weight is 318 g/mol. The SMILES string of the molecule is O=C(NCC(c1ccco1)N1CCOCC1)c1ccccc1F. The average Bonchev–Trinajstić information content (AvgIpc) is 3.10. The first-order chi connectivity index (χ1) is 11.3. The lowest BCUT2D eigenvalue weighted by atomic mass is 10.1. The summed E-state index contributed by atoms with van der Waals surface area (Å²) in [6.45, 7) is 3.18. The first kappa shape index (κ1) is 15.7. The lowest BCUT2D eigenvalue weighted by Gasteiger charge is -2.33. The summed E-state index contributed by atoms with van der Waals surface area (Å²) in [7, 11) is 0. The molecule has 1 saturated heterocycles. The van der Waals surface area contributed by atoms with Gasteiger partial charge in [-0.1, -0.05) is 12.1 Å². The number of nitrogens with one attached hydrogen (secondary N) is 1. The molecule has 2 heterocycles. The minimum absolute atomic E-state index is 0.0488. The fourth-order valence-corrected chi connectivity index (χ4v) is 2.71. The van der Waals surface area contributed by atoms with Gasteiger partial charge in [0.2, 0.25) is 0 Å². The van der Waals surface area contributed by atoms with Crippen molar-refractivity contribution in [2.24, 2.45) is 0 Å². The van der Waals surface area contributed by atoms with Crippen molar-refractivity contribution < 1.29 is 18.3 Å². The molecule has 23 heavy (non-hydrogen) atoms. The molecule has 1 atom stereocenters. The zero-order valence-corrected chi connectivity index (χ0v) is 12.7. The van der Waals surface area contributed by atoms with E-state index in [1.807, 2.05) is 12.1 Å². The first-order valence-corrected chi connectivity index (χ1v) is 7.63. The van der Waals surface area contributed by atoms with Crippen LogP contribution in [0.3, 0.4) is 0 Å². The second kappa shape index (κ2) is 7.39. The Bertz CT molecular complexity index is 639. The molecule has 3 rings (SSSR count). The molecule has 122 valence electrons. The molecule has 1 aliphatic heterocycles. The van der Waals surface area contributed by atoms with Gasteiger partial charge < -0.3 is 14.5 Å². The molecule has 1 unspecified atom stereocenters. The summed E-state index contributed by atoms with van der Waals surface area (Å²) in [4.78, 5) is 14.4. The number of rotatable bonds is 5. The van der Waals surface area contributed by atoms with E-state index < -0.39 is 11.7 Å². The molecule has 1 amide bonds. The van der Waals surface area contributed by atoms with Crippen molar-refractivity contribution >= 4 is 5.91 Å². The van der Waals surface area contributed by atoms with Crippen molar-refractivity contribution in [3.05, 3.63) is 59.8 Å². The maximum atomic E-state index is 13.7.